The molecule has 0 aromatic carbocycles. The fraction of sp³-hybridized carbons (Fsp3) is 0.500. The molecule has 2 aliphatic heterocycles. The fourth-order valence-electron chi connectivity index (χ4n) is 3.26. The minimum absolute atomic E-state index is 0.0138. The predicted molar refractivity (Wildman–Crippen MR) is 78.6 cm³/mol. The van der Waals surface area contributed by atoms with Gasteiger partial charge in [-0.05, 0) is 12.5 Å². The number of aryl methyl sites for hydroxylation is 1. The number of hydrogen-bond acceptors (Lipinski definition) is 4. The van der Waals surface area contributed by atoms with Crippen LogP contribution >= 0.6 is 11.6 Å². The van der Waals surface area contributed by atoms with Crippen molar-refractivity contribution in [1.29, 1.82) is 0 Å². The minimum atomic E-state index is -0.0138. The lowest BCUT2D eigenvalue weighted by atomic mass is 10.00. The molecule has 2 aromatic heterocycles. The van der Waals surface area contributed by atoms with E-state index in [2.05, 4.69) is 10.3 Å². The molecule has 7 nitrogen and oxygen atoms in total. The van der Waals surface area contributed by atoms with Gasteiger partial charge in [0.25, 0.3) is 5.91 Å². The Balaban J connectivity index is 1.59. The second-order valence-corrected chi connectivity index (χ2v) is 6.22. The van der Waals surface area contributed by atoms with Gasteiger partial charge < -0.3 is 14.2 Å². The summed E-state index contributed by atoms with van der Waals surface area (Å²) in [7, 11) is 1.82. The van der Waals surface area contributed by atoms with Gasteiger partial charge in [0.2, 0.25) is 0 Å². The van der Waals surface area contributed by atoms with Gasteiger partial charge >= 0.3 is 0 Å². The van der Waals surface area contributed by atoms with Gasteiger partial charge in [-0.2, -0.15) is 0 Å². The highest BCUT2D eigenvalue weighted by molar-refractivity contribution is 6.31. The van der Waals surface area contributed by atoms with Crippen molar-refractivity contribution in [1.82, 2.24) is 24.5 Å². The average Bonchev–Trinajstić information content (AvgIpc) is 3.12. The first-order valence-corrected chi connectivity index (χ1v) is 7.63. The Morgan fingerprint density at radius 3 is 3.14 bits per heavy atom. The maximum atomic E-state index is 12.7. The number of carbonyl (C=O) groups is 1. The fourth-order valence-corrected chi connectivity index (χ4v) is 3.51. The van der Waals surface area contributed by atoms with Crippen LogP contribution in [0.25, 0.3) is 0 Å². The lowest BCUT2D eigenvalue weighted by Crippen LogP contribution is -2.50. The van der Waals surface area contributed by atoms with Crippen LogP contribution in [0.1, 0.15) is 28.6 Å². The lowest BCUT2D eigenvalue weighted by Gasteiger charge is -2.40. The number of nitrogens with zero attached hydrogens (tertiary/aromatic N) is 5. The van der Waals surface area contributed by atoms with Gasteiger partial charge in [-0.1, -0.05) is 16.8 Å². The number of aromatic nitrogens is 4. The lowest BCUT2D eigenvalue weighted by molar-refractivity contribution is -0.0606. The Bertz CT molecular complexity index is 725. The second-order valence-electron chi connectivity index (χ2n) is 5.78. The second kappa shape index (κ2) is 5.10. The zero-order valence-electron chi connectivity index (χ0n) is 12.1. The molecule has 8 heteroatoms. The van der Waals surface area contributed by atoms with Crippen molar-refractivity contribution < 1.29 is 9.53 Å². The normalized spacial score (nSPS) is 24.0. The van der Waals surface area contributed by atoms with Crippen LogP contribution in [0.15, 0.2) is 18.5 Å². The van der Waals surface area contributed by atoms with Gasteiger partial charge in [0, 0.05) is 26.3 Å². The van der Waals surface area contributed by atoms with Crippen molar-refractivity contribution in [3.63, 3.8) is 0 Å². The zero-order chi connectivity index (χ0) is 15.3. The molecule has 4 rings (SSSR count). The molecular formula is C14H16ClN5O2. The number of piperidine rings is 1. The van der Waals surface area contributed by atoms with E-state index in [1.807, 2.05) is 16.6 Å². The summed E-state index contributed by atoms with van der Waals surface area (Å²) in [5.74, 6) is -0.0138. The quantitative estimate of drug-likeness (QED) is 0.793. The Hall–Kier alpha value is -1.86. The van der Waals surface area contributed by atoms with Crippen LogP contribution in [0.5, 0.6) is 0 Å². The molecular weight excluding hydrogens is 306 g/mol. The Morgan fingerprint density at radius 1 is 1.50 bits per heavy atom. The van der Waals surface area contributed by atoms with Crippen LogP contribution in [0.3, 0.4) is 0 Å². The molecule has 0 unspecified atom stereocenters. The van der Waals surface area contributed by atoms with Crippen molar-refractivity contribution in [2.75, 3.05) is 13.1 Å². The molecule has 0 N–H and O–H groups in total. The SMILES string of the molecule is Cn1cc(Cl)cc1C(=O)N1CC[C@H]2OCc3cnnn3[C@H]2C1. The molecule has 0 saturated carbocycles. The molecule has 2 atom stereocenters. The number of rotatable bonds is 1. The molecule has 0 spiro atoms. The van der Waals surface area contributed by atoms with Crippen molar-refractivity contribution >= 4 is 17.5 Å². The van der Waals surface area contributed by atoms with Crippen molar-refractivity contribution in [2.24, 2.45) is 7.05 Å². The molecule has 1 saturated heterocycles. The highest BCUT2D eigenvalue weighted by atomic mass is 35.5. The molecule has 22 heavy (non-hydrogen) atoms. The van der Waals surface area contributed by atoms with E-state index in [1.165, 1.54) is 0 Å². The van der Waals surface area contributed by atoms with E-state index in [-0.39, 0.29) is 18.1 Å². The first kappa shape index (κ1) is 13.8. The van der Waals surface area contributed by atoms with Gasteiger partial charge in [-0.15, -0.1) is 5.10 Å². The summed E-state index contributed by atoms with van der Waals surface area (Å²) < 4.78 is 9.52. The Labute approximate surface area is 132 Å². The molecule has 2 aromatic rings. The number of hydrogen-bond donors (Lipinski definition) is 0. The van der Waals surface area contributed by atoms with E-state index in [4.69, 9.17) is 16.3 Å². The Kier molecular flexibility index (Phi) is 3.19. The average molecular weight is 322 g/mol. The molecule has 2 aliphatic rings. The minimum Gasteiger partial charge on any atom is -0.370 e. The summed E-state index contributed by atoms with van der Waals surface area (Å²) in [6, 6.07) is 1.73. The summed E-state index contributed by atoms with van der Waals surface area (Å²) in [4.78, 5) is 14.6. The standard InChI is InChI=1S/C14H16ClN5O2/c1-18-6-9(15)4-11(18)14(21)19-3-2-13-12(7-19)20-10(8-22-13)5-16-17-20/h4-6,12-13H,2-3,7-8H2,1H3/t12-,13+/m0/s1. The predicted octanol–water partition coefficient (Wildman–Crippen LogP) is 1.26. The number of amides is 1. The van der Waals surface area contributed by atoms with Crippen LogP contribution < -0.4 is 0 Å². The topological polar surface area (TPSA) is 65.2 Å². The van der Waals surface area contributed by atoms with Gasteiger partial charge in [0.1, 0.15) is 5.69 Å². The summed E-state index contributed by atoms with van der Waals surface area (Å²) in [6.45, 7) is 1.78. The van der Waals surface area contributed by atoms with Crippen LogP contribution in [0.4, 0.5) is 0 Å². The third kappa shape index (κ3) is 2.12. The van der Waals surface area contributed by atoms with Gasteiger partial charge in [-0.25, -0.2) is 4.68 Å². The Morgan fingerprint density at radius 2 is 2.36 bits per heavy atom. The van der Waals surface area contributed by atoms with Gasteiger partial charge in [0.05, 0.1) is 35.7 Å². The first-order chi connectivity index (χ1) is 10.6. The van der Waals surface area contributed by atoms with Crippen LogP contribution in [0, 0.1) is 0 Å². The van der Waals surface area contributed by atoms with Crippen molar-refractivity contribution in [3.05, 3.63) is 34.9 Å². The summed E-state index contributed by atoms with van der Waals surface area (Å²) in [5.41, 5.74) is 1.55. The number of ether oxygens (including phenoxy) is 1. The summed E-state index contributed by atoms with van der Waals surface area (Å²) in [6.07, 6.45) is 4.35. The van der Waals surface area contributed by atoms with Crippen molar-refractivity contribution in [2.45, 2.75) is 25.2 Å². The van der Waals surface area contributed by atoms with Gasteiger partial charge in [-0.3, -0.25) is 4.79 Å². The summed E-state index contributed by atoms with van der Waals surface area (Å²) >= 11 is 5.98. The molecule has 0 aliphatic carbocycles. The van der Waals surface area contributed by atoms with E-state index in [9.17, 15) is 4.79 Å². The molecule has 4 heterocycles. The third-order valence-corrected chi connectivity index (χ3v) is 4.61. The molecule has 1 fully saturated rings. The van der Waals surface area contributed by atoms with E-state index in [1.54, 1.807) is 23.0 Å². The summed E-state index contributed by atoms with van der Waals surface area (Å²) in [5, 5.41) is 8.67. The largest absolute Gasteiger partial charge is 0.370 e. The maximum absolute atomic E-state index is 12.7. The van der Waals surface area contributed by atoms with Crippen LogP contribution in [-0.4, -0.2) is 49.6 Å². The maximum Gasteiger partial charge on any atom is 0.270 e. The van der Waals surface area contributed by atoms with Crippen LogP contribution in [0.2, 0.25) is 5.02 Å². The highest BCUT2D eigenvalue weighted by Crippen LogP contribution is 2.30. The monoisotopic (exact) mass is 321 g/mol. The van der Waals surface area contributed by atoms with E-state index in [0.29, 0.717) is 30.4 Å². The first-order valence-electron chi connectivity index (χ1n) is 7.25. The van der Waals surface area contributed by atoms with E-state index < -0.39 is 0 Å². The number of carbonyl (C=O) groups excluding carboxylic acids is 1. The molecule has 1 amide bonds. The zero-order valence-corrected chi connectivity index (χ0v) is 12.9. The third-order valence-electron chi connectivity index (χ3n) is 4.41. The van der Waals surface area contributed by atoms with E-state index >= 15 is 0 Å². The van der Waals surface area contributed by atoms with Gasteiger partial charge in [0.15, 0.2) is 0 Å². The number of fused-ring (bicyclic) bond motifs is 3. The number of halogens is 1. The van der Waals surface area contributed by atoms with E-state index in [0.717, 1.165) is 12.1 Å². The van der Waals surface area contributed by atoms with Crippen LogP contribution in [-0.2, 0) is 18.4 Å². The molecule has 0 radical (unpaired) electrons. The van der Waals surface area contributed by atoms with Crippen molar-refractivity contribution in [3.8, 4) is 0 Å². The smallest absolute Gasteiger partial charge is 0.270 e. The molecule has 116 valence electrons. The molecule has 0 bridgehead atoms. The number of likely N-dealkylation sites (tertiary alicyclic amines) is 1. The highest BCUT2D eigenvalue weighted by Gasteiger charge is 2.38.